The van der Waals surface area contributed by atoms with Crippen LogP contribution in [0.2, 0.25) is 0 Å². The number of carbonyl (C=O) groups excluding carboxylic acids is 2. The second kappa shape index (κ2) is 5.62. The number of aliphatic hydroxyl groups is 1. The molecule has 114 valence electrons. The Balaban J connectivity index is 2.60. The number of hydrogen-bond donors (Lipinski definition) is 1. The Morgan fingerprint density at radius 2 is 2.27 bits per heavy atom. The minimum Gasteiger partial charge on any atom is -0.463 e. The fraction of sp³-hybridized carbons (Fsp3) is 0.250. The monoisotopic (exact) mass is 303 g/mol. The number of ether oxygens (including phenoxy) is 1. The van der Waals surface area contributed by atoms with Gasteiger partial charge in [-0.15, -0.1) is 6.42 Å². The number of terminal acetylenes is 1. The Hall–Kier alpha value is -2.65. The third-order valence-electron chi connectivity index (χ3n) is 3.40. The number of rotatable bonds is 4. The summed E-state index contributed by atoms with van der Waals surface area (Å²) < 4.78 is 18.3. The van der Waals surface area contributed by atoms with Gasteiger partial charge in [0.15, 0.2) is 0 Å². The lowest BCUT2D eigenvalue weighted by Crippen LogP contribution is -2.43. The molecular formula is C16H14FNO4. The molecule has 1 aliphatic rings. The summed E-state index contributed by atoms with van der Waals surface area (Å²) in [6.45, 7) is 4.95. The number of fused-ring (bicyclic) bond motifs is 1. The molecule has 1 aliphatic heterocycles. The van der Waals surface area contributed by atoms with E-state index in [2.05, 4.69) is 12.5 Å². The molecular weight excluding hydrogens is 289 g/mol. The summed E-state index contributed by atoms with van der Waals surface area (Å²) >= 11 is 0. The normalized spacial score (nSPS) is 19.5. The lowest BCUT2D eigenvalue weighted by molar-refractivity contribution is -0.145. The Labute approximate surface area is 127 Å². The highest BCUT2D eigenvalue weighted by Crippen LogP contribution is 2.44. The molecule has 1 amide bonds. The first kappa shape index (κ1) is 15.7. The quantitative estimate of drug-likeness (QED) is 0.514. The van der Waals surface area contributed by atoms with Crippen molar-refractivity contribution in [1.82, 2.24) is 0 Å². The van der Waals surface area contributed by atoms with Crippen LogP contribution in [0.5, 0.6) is 0 Å². The zero-order chi connectivity index (χ0) is 16.5. The van der Waals surface area contributed by atoms with Crippen LogP contribution in [0.3, 0.4) is 0 Å². The van der Waals surface area contributed by atoms with Gasteiger partial charge in [0, 0.05) is 5.56 Å². The number of nitrogens with zero attached hydrogens (tertiary/aromatic N) is 1. The molecule has 1 aromatic rings. The molecule has 2 rings (SSSR count). The summed E-state index contributed by atoms with van der Waals surface area (Å²) in [5.74, 6) is -0.173. The Morgan fingerprint density at radius 3 is 2.86 bits per heavy atom. The van der Waals surface area contributed by atoms with Crippen molar-refractivity contribution in [1.29, 1.82) is 0 Å². The molecule has 0 aliphatic carbocycles. The van der Waals surface area contributed by atoms with Crippen molar-refractivity contribution in [3.8, 4) is 12.3 Å². The number of benzene rings is 1. The number of halogens is 1. The molecule has 0 spiro atoms. The molecule has 1 unspecified atom stereocenters. The molecule has 5 nitrogen and oxygen atoms in total. The van der Waals surface area contributed by atoms with Crippen molar-refractivity contribution in [2.24, 2.45) is 0 Å². The molecule has 1 N–H and O–H groups in total. The third-order valence-corrected chi connectivity index (χ3v) is 3.40. The molecule has 0 aromatic heterocycles. The highest BCUT2D eigenvalue weighted by molar-refractivity contribution is 6.13. The van der Waals surface area contributed by atoms with E-state index in [-0.39, 0.29) is 24.4 Å². The zero-order valence-corrected chi connectivity index (χ0v) is 11.9. The molecule has 0 saturated carbocycles. The number of hydrogen-bond acceptors (Lipinski definition) is 4. The van der Waals surface area contributed by atoms with Crippen molar-refractivity contribution < 1.29 is 23.8 Å². The predicted molar refractivity (Wildman–Crippen MR) is 77.3 cm³/mol. The summed E-state index contributed by atoms with van der Waals surface area (Å²) in [4.78, 5) is 25.5. The van der Waals surface area contributed by atoms with Crippen LogP contribution in [-0.2, 0) is 19.9 Å². The highest BCUT2D eigenvalue weighted by atomic mass is 19.1. The fourth-order valence-electron chi connectivity index (χ4n) is 2.36. The van der Waals surface area contributed by atoms with Crippen LogP contribution < -0.4 is 4.90 Å². The zero-order valence-electron chi connectivity index (χ0n) is 11.9. The Kier molecular flexibility index (Phi) is 4.02. The second-order valence-corrected chi connectivity index (χ2v) is 4.67. The topological polar surface area (TPSA) is 66.8 Å². The van der Waals surface area contributed by atoms with E-state index in [0.29, 0.717) is 0 Å². The Bertz CT molecular complexity index is 707. The van der Waals surface area contributed by atoms with Crippen LogP contribution >= 0.6 is 0 Å². The molecule has 1 aromatic carbocycles. The lowest BCUT2D eigenvalue weighted by atomic mass is 9.88. The highest BCUT2D eigenvalue weighted by Gasteiger charge is 2.54. The first-order valence-electron chi connectivity index (χ1n) is 6.52. The average molecular weight is 303 g/mol. The van der Waals surface area contributed by atoms with Gasteiger partial charge in [-0.3, -0.25) is 9.69 Å². The van der Waals surface area contributed by atoms with Crippen LogP contribution in [0.4, 0.5) is 10.1 Å². The summed E-state index contributed by atoms with van der Waals surface area (Å²) in [6, 6.07) is 3.43. The molecule has 22 heavy (non-hydrogen) atoms. The van der Waals surface area contributed by atoms with Crippen molar-refractivity contribution in [3.63, 3.8) is 0 Å². The van der Waals surface area contributed by atoms with Gasteiger partial charge in [-0.05, 0) is 25.1 Å². The van der Waals surface area contributed by atoms with Gasteiger partial charge in [-0.1, -0.05) is 12.5 Å². The van der Waals surface area contributed by atoms with E-state index in [0.717, 1.165) is 17.0 Å². The molecule has 1 heterocycles. The van der Waals surface area contributed by atoms with Gasteiger partial charge in [0.1, 0.15) is 5.82 Å². The first-order valence-corrected chi connectivity index (χ1v) is 6.52. The van der Waals surface area contributed by atoms with Gasteiger partial charge >= 0.3 is 5.97 Å². The summed E-state index contributed by atoms with van der Waals surface area (Å²) in [5.41, 5.74) is -2.71. The first-order chi connectivity index (χ1) is 10.4. The fourth-order valence-corrected chi connectivity index (χ4v) is 2.36. The van der Waals surface area contributed by atoms with Crippen molar-refractivity contribution >= 4 is 17.6 Å². The van der Waals surface area contributed by atoms with Crippen LogP contribution in [0.25, 0.3) is 0 Å². The van der Waals surface area contributed by atoms with Gasteiger partial charge in [0.05, 0.1) is 24.4 Å². The largest absolute Gasteiger partial charge is 0.463 e. The standard InChI is InChI=1S/C16H14FNO4/c1-4-8-18-13-7-6-11(17)9-12(13)16(21,15(18)20)10(3)14(19)22-5-2/h1,6-7,9,21H,3,5,8H2,2H3. The van der Waals surface area contributed by atoms with Crippen molar-refractivity contribution in [2.75, 3.05) is 18.1 Å². The molecule has 6 heteroatoms. The van der Waals surface area contributed by atoms with E-state index in [1.54, 1.807) is 6.92 Å². The number of amides is 1. The molecule has 1 atom stereocenters. The van der Waals surface area contributed by atoms with E-state index >= 15 is 0 Å². The van der Waals surface area contributed by atoms with Gasteiger partial charge in [0.25, 0.3) is 5.91 Å². The SMILES string of the molecule is C#CCN1C(=O)C(O)(C(=C)C(=O)OCC)c2cc(F)ccc21. The predicted octanol–water partition coefficient (Wildman–Crippen LogP) is 1.11. The van der Waals surface area contributed by atoms with Crippen molar-refractivity contribution in [2.45, 2.75) is 12.5 Å². The van der Waals surface area contributed by atoms with Crippen LogP contribution in [0, 0.1) is 18.2 Å². The van der Waals surface area contributed by atoms with E-state index in [9.17, 15) is 19.1 Å². The maximum atomic E-state index is 13.5. The lowest BCUT2D eigenvalue weighted by Gasteiger charge is -2.23. The van der Waals surface area contributed by atoms with Gasteiger partial charge in [-0.2, -0.15) is 0 Å². The van der Waals surface area contributed by atoms with Crippen LogP contribution in [0.15, 0.2) is 30.4 Å². The summed E-state index contributed by atoms with van der Waals surface area (Å²) in [6.07, 6.45) is 5.22. The third kappa shape index (κ3) is 2.16. The molecule has 0 fully saturated rings. The smallest absolute Gasteiger partial charge is 0.337 e. The maximum absolute atomic E-state index is 13.5. The second-order valence-electron chi connectivity index (χ2n) is 4.67. The summed E-state index contributed by atoms with van der Waals surface area (Å²) in [7, 11) is 0. The van der Waals surface area contributed by atoms with E-state index in [1.165, 1.54) is 6.07 Å². The maximum Gasteiger partial charge on any atom is 0.337 e. The minimum atomic E-state index is -2.39. The minimum absolute atomic E-state index is 0.0478. The van der Waals surface area contributed by atoms with Gasteiger partial charge in [-0.25, -0.2) is 9.18 Å². The van der Waals surface area contributed by atoms with E-state index < -0.39 is 28.9 Å². The van der Waals surface area contributed by atoms with Crippen molar-refractivity contribution in [3.05, 3.63) is 41.7 Å². The van der Waals surface area contributed by atoms with E-state index in [1.807, 2.05) is 0 Å². The molecule has 0 bridgehead atoms. The number of anilines is 1. The number of esters is 1. The molecule has 0 saturated heterocycles. The van der Waals surface area contributed by atoms with Gasteiger partial charge < -0.3 is 9.84 Å². The van der Waals surface area contributed by atoms with Gasteiger partial charge in [0.2, 0.25) is 5.60 Å². The van der Waals surface area contributed by atoms with Crippen LogP contribution in [0.1, 0.15) is 12.5 Å². The number of carbonyl (C=O) groups is 2. The Morgan fingerprint density at radius 1 is 1.59 bits per heavy atom. The molecule has 0 radical (unpaired) electrons. The van der Waals surface area contributed by atoms with Crippen LogP contribution in [-0.4, -0.2) is 30.1 Å². The van der Waals surface area contributed by atoms with E-state index in [4.69, 9.17) is 11.2 Å². The summed E-state index contributed by atoms with van der Waals surface area (Å²) in [5, 5.41) is 10.8. The average Bonchev–Trinajstić information content (AvgIpc) is 2.70.